The van der Waals surface area contributed by atoms with Crippen molar-refractivity contribution in [3.05, 3.63) is 58.7 Å². The van der Waals surface area contributed by atoms with Gasteiger partial charge in [-0.2, -0.15) is 0 Å². The van der Waals surface area contributed by atoms with Crippen molar-refractivity contribution in [2.24, 2.45) is 0 Å². The molecule has 35 heavy (non-hydrogen) atoms. The average Bonchev–Trinajstić information content (AvgIpc) is 2.86. The van der Waals surface area contributed by atoms with Crippen LogP contribution in [0.1, 0.15) is 114 Å². The first kappa shape index (κ1) is 30.1. The van der Waals surface area contributed by atoms with Crippen LogP contribution in [0.4, 0.5) is 0 Å². The molecule has 0 unspecified atom stereocenters. The van der Waals surface area contributed by atoms with E-state index in [-0.39, 0.29) is 0 Å². The Morgan fingerprint density at radius 3 is 1.31 bits per heavy atom. The minimum atomic E-state index is -3.46. The summed E-state index contributed by atoms with van der Waals surface area (Å²) in [6.07, 6.45) is 14.6. The molecule has 196 valence electrons. The summed E-state index contributed by atoms with van der Waals surface area (Å²) in [7, 11) is 0. The summed E-state index contributed by atoms with van der Waals surface area (Å²) >= 11 is -3.46. The zero-order chi connectivity index (χ0) is 25.5. The Kier molecular flexibility index (Phi) is 14.2. The number of hydrogen-bond acceptors (Lipinski definition) is 2. The number of rotatable bonds is 18. The molecule has 0 aliphatic heterocycles. The van der Waals surface area contributed by atoms with Crippen molar-refractivity contribution >= 4 is 19.2 Å². The summed E-state index contributed by atoms with van der Waals surface area (Å²) < 4.78 is 16.6. The zero-order valence-corrected chi connectivity index (χ0v) is 26.5. The van der Waals surface area contributed by atoms with Crippen molar-refractivity contribution in [2.75, 3.05) is 0 Å². The van der Waals surface area contributed by atoms with Gasteiger partial charge >= 0.3 is 223 Å². The van der Waals surface area contributed by atoms with Crippen LogP contribution < -0.4 is 6.15 Å². The molecule has 0 heterocycles. The predicted octanol–water partition coefficient (Wildman–Crippen LogP) is 10.3. The molecular formula is C32H52O2Sn. The molecule has 2 nitrogen and oxygen atoms in total. The van der Waals surface area contributed by atoms with Crippen molar-refractivity contribution in [1.29, 1.82) is 0 Å². The third-order valence-electron chi connectivity index (χ3n) is 7.31. The topological polar surface area (TPSA) is 18.5 Å². The molecule has 0 atom stereocenters. The van der Waals surface area contributed by atoms with Crippen LogP contribution in [0.2, 0.25) is 8.87 Å². The van der Waals surface area contributed by atoms with Crippen LogP contribution in [-0.2, 0) is 12.8 Å². The Balaban J connectivity index is 2.38. The number of hydrogen-bond donors (Lipinski definition) is 0. The first-order chi connectivity index (χ1) is 17.0. The van der Waals surface area contributed by atoms with Gasteiger partial charge in [-0.15, -0.1) is 0 Å². The van der Waals surface area contributed by atoms with Crippen LogP contribution in [0.5, 0.6) is 11.5 Å². The minimum absolute atomic E-state index is 1.08. The number of unbranched alkanes of at least 4 members (excludes halogenated alkanes) is 6. The van der Waals surface area contributed by atoms with Crippen LogP contribution in [0.25, 0.3) is 0 Å². The molecule has 0 aromatic heterocycles. The van der Waals surface area contributed by atoms with E-state index in [2.05, 4.69) is 77.9 Å². The average molecular weight is 587 g/mol. The summed E-state index contributed by atoms with van der Waals surface area (Å²) in [4.78, 5) is 0. The van der Waals surface area contributed by atoms with Gasteiger partial charge in [0.05, 0.1) is 0 Å². The van der Waals surface area contributed by atoms with E-state index in [9.17, 15) is 0 Å². The van der Waals surface area contributed by atoms with Gasteiger partial charge in [0.1, 0.15) is 0 Å². The molecule has 0 amide bonds. The molecule has 0 spiro atoms. The molecule has 0 aliphatic rings. The second kappa shape index (κ2) is 16.6. The van der Waals surface area contributed by atoms with E-state index in [0.29, 0.717) is 0 Å². The van der Waals surface area contributed by atoms with Crippen molar-refractivity contribution < 1.29 is 6.15 Å². The molecular weight excluding hydrogens is 535 g/mol. The molecule has 0 radical (unpaired) electrons. The van der Waals surface area contributed by atoms with Crippen LogP contribution in [0.15, 0.2) is 36.4 Å². The molecule has 0 bridgehead atoms. The van der Waals surface area contributed by atoms with E-state index in [1.165, 1.54) is 86.5 Å². The normalized spacial score (nSPS) is 11.6. The predicted molar refractivity (Wildman–Crippen MR) is 155 cm³/mol. The molecule has 0 N–H and O–H groups in total. The first-order valence-electron chi connectivity index (χ1n) is 14.5. The Hall–Kier alpha value is -1.16. The summed E-state index contributed by atoms with van der Waals surface area (Å²) in [5.41, 5.74) is 5.53. The van der Waals surface area contributed by atoms with Crippen LogP contribution in [0, 0.1) is 13.8 Å². The molecule has 2 aromatic rings. The van der Waals surface area contributed by atoms with E-state index in [1.54, 1.807) is 0 Å². The van der Waals surface area contributed by atoms with Gasteiger partial charge in [-0.1, -0.05) is 0 Å². The van der Waals surface area contributed by atoms with E-state index < -0.39 is 19.2 Å². The van der Waals surface area contributed by atoms with Crippen molar-refractivity contribution in [2.45, 2.75) is 127 Å². The third-order valence-corrected chi connectivity index (χ3v) is 17.1. The molecule has 0 fully saturated rings. The Morgan fingerprint density at radius 1 is 0.543 bits per heavy atom. The van der Waals surface area contributed by atoms with Gasteiger partial charge in [0.2, 0.25) is 0 Å². The summed E-state index contributed by atoms with van der Waals surface area (Å²) in [6.45, 7) is 13.6. The Morgan fingerprint density at radius 2 is 0.943 bits per heavy atom. The summed E-state index contributed by atoms with van der Waals surface area (Å²) in [6, 6.07) is 13.4. The fraction of sp³-hybridized carbons (Fsp3) is 0.625. The van der Waals surface area contributed by atoms with Gasteiger partial charge < -0.3 is 0 Å². The van der Waals surface area contributed by atoms with Gasteiger partial charge in [-0.3, -0.25) is 0 Å². The van der Waals surface area contributed by atoms with Crippen LogP contribution in [0.3, 0.4) is 0 Å². The second-order valence-corrected chi connectivity index (χ2v) is 19.5. The quantitative estimate of drug-likeness (QED) is 0.128. The fourth-order valence-electron chi connectivity index (χ4n) is 4.86. The molecule has 2 rings (SSSR count). The van der Waals surface area contributed by atoms with Crippen LogP contribution in [-0.4, -0.2) is 19.2 Å². The van der Waals surface area contributed by atoms with Gasteiger partial charge in [-0.25, -0.2) is 0 Å². The summed E-state index contributed by atoms with van der Waals surface area (Å²) in [5, 5.41) is 0. The first-order valence-corrected chi connectivity index (χ1v) is 20.9. The Bertz CT molecular complexity index is 789. The standard InChI is InChI=1S/2C12H18O.2C4H9.Sn/c2*1-3-4-5-7-11-8-6-9-12(13)10(11)2;2*1-3-4-2;/h2*6,8-9,13H,3-5,7H2,1-2H3;2*1,3-4H2,2H3;/q;;;;+2/p-2. The molecule has 0 saturated heterocycles. The van der Waals surface area contributed by atoms with E-state index in [1.807, 2.05) is 0 Å². The van der Waals surface area contributed by atoms with E-state index in [0.717, 1.165) is 33.2 Å². The van der Waals surface area contributed by atoms with E-state index in [4.69, 9.17) is 6.15 Å². The van der Waals surface area contributed by atoms with Gasteiger partial charge in [0.25, 0.3) is 0 Å². The summed E-state index contributed by atoms with van der Waals surface area (Å²) in [5.74, 6) is 2.16. The maximum atomic E-state index is 7.17. The number of aryl methyl sites for hydroxylation is 2. The molecule has 2 aromatic carbocycles. The van der Waals surface area contributed by atoms with E-state index >= 15 is 0 Å². The monoisotopic (exact) mass is 588 g/mol. The van der Waals surface area contributed by atoms with Crippen molar-refractivity contribution in [3.63, 3.8) is 0 Å². The van der Waals surface area contributed by atoms with Gasteiger partial charge in [-0.05, 0) is 0 Å². The number of benzene rings is 2. The molecule has 0 saturated carbocycles. The fourth-order valence-corrected chi connectivity index (χ4v) is 15.5. The second-order valence-electron chi connectivity index (χ2n) is 10.3. The zero-order valence-electron chi connectivity index (χ0n) is 23.7. The Labute approximate surface area is 222 Å². The SMILES string of the molecule is CCCCCc1cccc([O][Sn]([CH2]CCC)([CH2]CCC)[O]c2cccc(CCCCC)c2C)c1C. The van der Waals surface area contributed by atoms with Crippen molar-refractivity contribution in [1.82, 2.24) is 0 Å². The maximum absolute atomic E-state index is 7.17. The third kappa shape index (κ3) is 9.67. The molecule has 0 aliphatic carbocycles. The van der Waals surface area contributed by atoms with Crippen LogP contribution >= 0.6 is 0 Å². The molecule has 3 heteroatoms. The van der Waals surface area contributed by atoms with Gasteiger partial charge in [0, 0.05) is 0 Å². The van der Waals surface area contributed by atoms with Gasteiger partial charge in [0.15, 0.2) is 0 Å². The van der Waals surface area contributed by atoms with Crippen molar-refractivity contribution in [3.8, 4) is 11.5 Å².